The van der Waals surface area contributed by atoms with Gasteiger partial charge in [-0.15, -0.1) is 0 Å². The van der Waals surface area contributed by atoms with Crippen LogP contribution in [0.1, 0.15) is 17.5 Å². The van der Waals surface area contributed by atoms with E-state index in [1.54, 1.807) is 25.3 Å². The molecule has 126 valence electrons. The molecule has 0 aromatic heterocycles. The number of rotatable bonds is 4. The first kappa shape index (κ1) is 16.5. The monoisotopic (exact) mass is 345 g/mol. The topological polar surface area (TPSA) is 72.5 Å². The first-order valence-corrected chi connectivity index (χ1v) is 9.41. The zero-order valence-corrected chi connectivity index (χ0v) is 14.2. The molecule has 1 aliphatic heterocycles. The largest absolute Gasteiger partial charge is 0.497 e. The Bertz CT molecular complexity index is 874. The molecule has 0 bridgehead atoms. The quantitative estimate of drug-likeness (QED) is 0.924. The molecule has 3 rings (SSSR count). The van der Waals surface area contributed by atoms with E-state index in [1.165, 1.54) is 0 Å². The summed E-state index contributed by atoms with van der Waals surface area (Å²) in [6, 6.07) is 12.3. The van der Waals surface area contributed by atoms with Crippen LogP contribution in [0.2, 0.25) is 0 Å². The van der Waals surface area contributed by atoms with Gasteiger partial charge < -0.3 is 10.1 Å². The molecule has 0 saturated heterocycles. The molecular weight excluding hydrogens is 326 g/mol. The Morgan fingerprint density at radius 2 is 2.04 bits per heavy atom. The molecule has 0 saturated carbocycles. The van der Waals surface area contributed by atoms with E-state index in [1.807, 2.05) is 24.3 Å². The highest BCUT2D eigenvalue weighted by Gasteiger charge is 2.23. The molecule has 0 radical (unpaired) electrons. The molecular formula is C18H19NO4S. The predicted octanol–water partition coefficient (Wildman–Crippen LogP) is 2.60. The highest BCUT2D eigenvalue weighted by molar-refractivity contribution is 7.91. The van der Waals surface area contributed by atoms with Crippen molar-refractivity contribution in [2.45, 2.75) is 24.2 Å². The fourth-order valence-electron chi connectivity index (χ4n) is 2.89. The van der Waals surface area contributed by atoms with Gasteiger partial charge in [-0.25, -0.2) is 8.42 Å². The zero-order valence-electron chi connectivity index (χ0n) is 13.4. The molecule has 0 aliphatic carbocycles. The molecule has 5 nitrogen and oxygen atoms in total. The average Bonchev–Trinajstić information content (AvgIpc) is 2.54. The van der Waals surface area contributed by atoms with Crippen LogP contribution in [-0.2, 0) is 27.5 Å². The lowest BCUT2D eigenvalue weighted by molar-refractivity contribution is -0.115. The number of aryl methyl sites for hydroxylation is 1. The van der Waals surface area contributed by atoms with Crippen LogP contribution in [-0.4, -0.2) is 27.2 Å². The van der Waals surface area contributed by atoms with Gasteiger partial charge in [0.2, 0.25) is 5.91 Å². The Kier molecular flexibility index (Phi) is 4.57. The van der Waals surface area contributed by atoms with Crippen molar-refractivity contribution in [1.82, 2.24) is 0 Å². The zero-order chi connectivity index (χ0) is 17.2. The molecule has 0 spiro atoms. The van der Waals surface area contributed by atoms with Gasteiger partial charge >= 0.3 is 0 Å². The Balaban J connectivity index is 1.73. The maximum atomic E-state index is 12.2. The van der Waals surface area contributed by atoms with Crippen LogP contribution in [0.4, 0.5) is 5.69 Å². The van der Waals surface area contributed by atoms with Crippen LogP contribution < -0.4 is 10.1 Å². The van der Waals surface area contributed by atoms with Gasteiger partial charge in [-0.2, -0.15) is 0 Å². The fourth-order valence-corrected chi connectivity index (χ4v) is 4.47. The van der Waals surface area contributed by atoms with Gasteiger partial charge in [0.1, 0.15) is 5.75 Å². The van der Waals surface area contributed by atoms with E-state index < -0.39 is 9.84 Å². The lowest BCUT2D eigenvalue weighted by atomic mass is 10.1. The van der Waals surface area contributed by atoms with Gasteiger partial charge in [0.05, 0.1) is 24.2 Å². The van der Waals surface area contributed by atoms with Crippen LogP contribution in [0.15, 0.2) is 47.4 Å². The summed E-state index contributed by atoms with van der Waals surface area (Å²) < 4.78 is 29.2. The molecule has 0 fully saturated rings. The lowest BCUT2D eigenvalue weighted by Gasteiger charge is -2.17. The number of ether oxygens (including phenoxy) is 1. The third-order valence-corrected chi connectivity index (χ3v) is 5.93. The Hall–Kier alpha value is -2.34. The smallest absolute Gasteiger partial charge is 0.228 e. The van der Waals surface area contributed by atoms with Crippen LogP contribution >= 0.6 is 0 Å². The predicted molar refractivity (Wildman–Crippen MR) is 92.1 cm³/mol. The highest BCUT2D eigenvalue weighted by Crippen LogP contribution is 2.27. The summed E-state index contributed by atoms with van der Waals surface area (Å²) in [7, 11) is -1.59. The molecule has 1 heterocycles. The SMILES string of the molecule is COc1cccc(CC(=O)Nc2ccc3c(c2)CCCS3(=O)=O)c1. The van der Waals surface area contributed by atoms with Crippen molar-refractivity contribution in [3.8, 4) is 5.75 Å². The number of carbonyl (C=O) groups is 1. The number of anilines is 1. The van der Waals surface area contributed by atoms with E-state index in [-0.39, 0.29) is 18.1 Å². The van der Waals surface area contributed by atoms with Crippen molar-refractivity contribution >= 4 is 21.4 Å². The summed E-state index contributed by atoms with van der Waals surface area (Å²) in [5, 5.41) is 2.83. The van der Waals surface area contributed by atoms with Gasteiger partial charge in [0.15, 0.2) is 9.84 Å². The van der Waals surface area contributed by atoms with Gasteiger partial charge in [0, 0.05) is 5.69 Å². The Morgan fingerprint density at radius 3 is 2.83 bits per heavy atom. The Morgan fingerprint density at radius 1 is 1.21 bits per heavy atom. The second-order valence-electron chi connectivity index (χ2n) is 5.82. The molecule has 0 unspecified atom stereocenters. The van der Waals surface area contributed by atoms with Gasteiger partial charge in [-0.1, -0.05) is 12.1 Å². The molecule has 2 aromatic rings. The van der Waals surface area contributed by atoms with E-state index >= 15 is 0 Å². The summed E-state index contributed by atoms with van der Waals surface area (Å²) in [6.07, 6.45) is 1.57. The molecule has 6 heteroatoms. The van der Waals surface area contributed by atoms with Crippen molar-refractivity contribution in [3.05, 3.63) is 53.6 Å². The van der Waals surface area contributed by atoms with Crippen molar-refractivity contribution in [1.29, 1.82) is 0 Å². The maximum absolute atomic E-state index is 12.2. The standard InChI is InChI=1S/C18H19NO4S/c1-23-16-6-2-4-13(10-16)11-18(20)19-15-7-8-17-14(12-15)5-3-9-24(17,21)22/h2,4,6-8,10,12H,3,5,9,11H2,1H3,(H,19,20). The first-order valence-electron chi connectivity index (χ1n) is 7.76. The maximum Gasteiger partial charge on any atom is 0.228 e. The van der Waals surface area contributed by atoms with Crippen molar-refractivity contribution in [2.75, 3.05) is 18.2 Å². The van der Waals surface area contributed by atoms with E-state index in [4.69, 9.17) is 4.74 Å². The minimum atomic E-state index is -3.17. The van der Waals surface area contributed by atoms with Crippen molar-refractivity contribution in [2.24, 2.45) is 0 Å². The molecule has 1 N–H and O–H groups in total. The summed E-state index contributed by atoms with van der Waals surface area (Å²) >= 11 is 0. The summed E-state index contributed by atoms with van der Waals surface area (Å²) in [5.74, 6) is 0.753. The number of fused-ring (bicyclic) bond motifs is 1. The fraction of sp³-hybridized carbons (Fsp3) is 0.278. The minimum Gasteiger partial charge on any atom is -0.497 e. The molecule has 0 atom stereocenters. The lowest BCUT2D eigenvalue weighted by Crippen LogP contribution is -2.18. The summed E-state index contributed by atoms with van der Waals surface area (Å²) in [4.78, 5) is 12.6. The highest BCUT2D eigenvalue weighted by atomic mass is 32.2. The number of hydrogen-bond acceptors (Lipinski definition) is 4. The molecule has 2 aromatic carbocycles. The third-order valence-electron chi connectivity index (χ3n) is 4.04. The second kappa shape index (κ2) is 6.65. The van der Waals surface area contributed by atoms with Gasteiger partial charge in [-0.05, 0) is 54.3 Å². The molecule has 24 heavy (non-hydrogen) atoms. The first-order chi connectivity index (χ1) is 11.5. The Labute approximate surface area is 141 Å². The molecule has 1 amide bonds. The average molecular weight is 345 g/mol. The number of nitrogens with one attached hydrogen (secondary N) is 1. The van der Waals surface area contributed by atoms with Crippen molar-refractivity contribution < 1.29 is 17.9 Å². The number of carbonyl (C=O) groups excluding carboxylic acids is 1. The van der Waals surface area contributed by atoms with Crippen molar-refractivity contribution in [3.63, 3.8) is 0 Å². The normalized spacial score (nSPS) is 15.4. The van der Waals surface area contributed by atoms with E-state index in [0.29, 0.717) is 29.2 Å². The number of amides is 1. The number of methoxy groups -OCH3 is 1. The van der Waals surface area contributed by atoms with Gasteiger partial charge in [-0.3, -0.25) is 4.79 Å². The van der Waals surface area contributed by atoms with Crippen LogP contribution in [0.25, 0.3) is 0 Å². The second-order valence-corrected chi connectivity index (χ2v) is 7.90. The van der Waals surface area contributed by atoms with Crippen LogP contribution in [0.3, 0.4) is 0 Å². The van der Waals surface area contributed by atoms with Gasteiger partial charge in [0.25, 0.3) is 0 Å². The summed E-state index contributed by atoms with van der Waals surface area (Å²) in [6.45, 7) is 0. The number of benzene rings is 2. The van der Waals surface area contributed by atoms with E-state index in [0.717, 1.165) is 11.1 Å². The number of sulfone groups is 1. The minimum absolute atomic E-state index is 0.151. The van der Waals surface area contributed by atoms with Crippen LogP contribution in [0, 0.1) is 0 Å². The van der Waals surface area contributed by atoms with E-state index in [2.05, 4.69) is 5.32 Å². The van der Waals surface area contributed by atoms with Crippen LogP contribution in [0.5, 0.6) is 5.75 Å². The third kappa shape index (κ3) is 3.59. The summed E-state index contributed by atoms with van der Waals surface area (Å²) in [5.41, 5.74) is 2.26. The molecule has 1 aliphatic rings. The number of hydrogen-bond donors (Lipinski definition) is 1. The van der Waals surface area contributed by atoms with E-state index in [9.17, 15) is 13.2 Å².